The van der Waals surface area contributed by atoms with Crippen LogP contribution in [0, 0.1) is 0 Å². The molecular formula is C17H16BrN5O6. The van der Waals surface area contributed by atoms with E-state index < -0.39 is 12.1 Å². The quantitative estimate of drug-likeness (QED) is 0.543. The molecule has 0 bridgehead atoms. The van der Waals surface area contributed by atoms with Gasteiger partial charge in [-0.05, 0) is 28.1 Å². The number of amides is 1. The molecule has 29 heavy (non-hydrogen) atoms. The first-order valence-electron chi connectivity index (χ1n) is 8.11. The fourth-order valence-electron chi connectivity index (χ4n) is 2.62. The Bertz CT molecular complexity index is 1100. The van der Waals surface area contributed by atoms with E-state index in [9.17, 15) is 14.7 Å². The molecule has 0 spiro atoms. The van der Waals surface area contributed by atoms with Crippen molar-refractivity contribution in [2.75, 3.05) is 26.6 Å². The molecule has 0 unspecified atom stereocenters. The molecule has 11 nitrogen and oxygen atoms in total. The lowest BCUT2D eigenvalue weighted by atomic mass is 10.1. The van der Waals surface area contributed by atoms with Gasteiger partial charge in [0.2, 0.25) is 11.8 Å². The fraction of sp³-hybridized carbons (Fsp3) is 0.235. The van der Waals surface area contributed by atoms with Crippen molar-refractivity contribution in [1.29, 1.82) is 0 Å². The molecule has 1 aromatic carbocycles. The Kier molecular flexibility index (Phi) is 5.82. The highest BCUT2D eigenvalue weighted by molar-refractivity contribution is 9.10. The molecule has 3 rings (SSSR count). The van der Waals surface area contributed by atoms with Crippen molar-refractivity contribution < 1.29 is 28.9 Å². The Morgan fingerprint density at radius 3 is 2.62 bits per heavy atom. The maximum absolute atomic E-state index is 11.7. The third-order valence-electron chi connectivity index (χ3n) is 3.96. The average molecular weight is 466 g/mol. The predicted octanol–water partition coefficient (Wildman–Crippen LogP) is 2.32. The summed E-state index contributed by atoms with van der Waals surface area (Å²) >= 11 is 3.29. The second kappa shape index (κ2) is 8.31. The summed E-state index contributed by atoms with van der Waals surface area (Å²) in [6, 6.07) is 4.84. The molecule has 152 valence electrons. The number of aromatic hydroxyl groups is 1. The smallest absolute Gasteiger partial charge is 0.413 e. The van der Waals surface area contributed by atoms with E-state index in [1.165, 1.54) is 26.0 Å². The Morgan fingerprint density at radius 1 is 1.21 bits per heavy atom. The maximum Gasteiger partial charge on any atom is 0.413 e. The van der Waals surface area contributed by atoms with Gasteiger partial charge in [-0.2, -0.15) is 10.1 Å². The van der Waals surface area contributed by atoms with Gasteiger partial charge in [0, 0.05) is 5.56 Å². The molecule has 1 amide bonds. The molecule has 0 atom stereocenters. The van der Waals surface area contributed by atoms with Gasteiger partial charge >= 0.3 is 12.1 Å². The number of esters is 1. The van der Waals surface area contributed by atoms with Crippen molar-refractivity contribution >= 4 is 45.0 Å². The molecule has 0 saturated carbocycles. The summed E-state index contributed by atoms with van der Waals surface area (Å²) < 4.78 is 16.4. The van der Waals surface area contributed by atoms with Crippen molar-refractivity contribution in [3.63, 3.8) is 0 Å². The second-order valence-corrected chi connectivity index (χ2v) is 6.40. The minimum absolute atomic E-state index is 0.137. The van der Waals surface area contributed by atoms with Crippen LogP contribution in [0.4, 0.5) is 10.7 Å². The van der Waals surface area contributed by atoms with Crippen LogP contribution in [0.15, 0.2) is 22.8 Å². The number of rotatable bonds is 5. The topological polar surface area (TPSA) is 138 Å². The first kappa shape index (κ1) is 20.3. The Hall–Kier alpha value is -3.41. The van der Waals surface area contributed by atoms with Crippen LogP contribution in [0.5, 0.6) is 11.6 Å². The van der Waals surface area contributed by atoms with Crippen LogP contribution in [0.2, 0.25) is 0 Å². The van der Waals surface area contributed by atoms with Gasteiger partial charge < -0.3 is 19.3 Å². The number of aromatic nitrogens is 4. The van der Waals surface area contributed by atoms with Crippen LogP contribution in [0.1, 0.15) is 15.9 Å². The molecule has 12 heteroatoms. The van der Waals surface area contributed by atoms with Crippen LogP contribution >= 0.6 is 15.9 Å². The van der Waals surface area contributed by atoms with E-state index in [4.69, 9.17) is 9.47 Å². The third-order valence-corrected chi connectivity index (χ3v) is 4.49. The van der Waals surface area contributed by atoms with Crippen LogP contribution in [-0.4, -0.2) is 58.2 Å². The highest BCUT2D eigenvalue weighted by atomic mass is 79.9. The number of carbonyl (C=O) groups excluding carboxylic acids is 2. The molecule has 2 aromatic heterocycles. The highest BCUT2D eigenvalue weighted by Gasteiger charge is 2.20. The number of hydrogen-bond acceptors (Lipinski definition) is 9. The van der Waals surface area contributed by atoms with E-state index in [1.54, 1.807) is 18.2 Å². The summed E-state index contributed by atoms with van der Waals surface area (Å²) in [5.41, 5.74) is 1.55. The molecule has 2 heterocycles. The first-order valence-corrected chi connectivity index (χ1v) is 8.90. The third kappa shape index (κ3) is 4.06. The number of fused-ring (bicyclic) bond motifs is 1. The van der Waals surface area contributed by atoms with Crippen LogP contribution in [0.25, 0.3) is 11.0 Å². The standard InChI is InChI=1S/C17H16BrN5O6/c1-27-10-6-8(15(25)28-2)4-5-9(10)7-23-12-11(13(18)22-23)19-16(20-14(12)24)21-17(26)29-3/h4-6H,7H2,1-3H3,(H2,19,20,21,24,26). The minimum atomic E-state index is -0.775. The maximum atomic E-state index is 11.7. The fourth-order valence-corrected chi connectivity index (χ4v) is 3.09. The molecule has 0 aliphatic rings. The van der Waals surface area contributed by atoms with Gasteiger partial charge in [-0.15, -0.1) is 0 Å². The van der Waals surface area contributed by atoms with Crippen molar-refractivity contribution in [2.45, 2.75) is 6.54 Å². The summed E-state index contributed by atoms with van der Waals surface area (Å²) in [5, 5.41) is 17.0. The van der Waals surface area contributed by atoms with Crippen LogP contribution in [0.3, 0.4) is 0 Å². The number of hydrogen-bond donors (Lipinski definition) is 2. The van der Waals surface area contributed by atoms with E-state index in [0.717, 1.165) is 0 Å². The monoisotopic (exact) mass is 465 g/mol. The molecule has 0 radical (unpaired) electrons. The number of anilines is 1. The molecule has 3 aromatic rings. The van der Waals surface area contributed by atoms with Gasteiger partial charge in [-0.1, -0.05) is 6.07 Å². The van der Waals surface area contributed by atoms with Gasteiger partial charge in [0.25, 0.3) is 0 Å². The number of benzene rings is 1. The Balaban J connectivity index is 2.01. The lowest BCUT2D eigenvalue weighted by Crippen LogP contribution is -2.13. The lowest BCUT2D eigenvalue weighted by Gasteiger charge is -2.11. The van der Waals surface area contributed by atoms with Gasteiger partial charge in [-0.3, -0.25) is 10.00 Å². The zero-order chi connectivity index (χ0) is 21.1. The van der Waals surface area contributed by atoms with Gasteiger partial charge in [0.15, 0.2) is 10.1 Å². The van der Waals surface area contributed by atoms with Gasteiger partial charge in [0.1, 0.15) is 11.3 Å². The van der Waals surface area contributed by atoms with Gasteiger partial charge in [0.05, 0.1) is 33.4 Å². The Labute approximate surface area is 172 Å². The molecule has 0 saturated heterocycles. The average Bonchev–Trinajstić information content (AvgIpc) is 3.03. The molecular weight excluding hydrogens is 450 g/mol. The minimum Gasteiger partial charge on any atom is -0.496 e. The summed E-state index contributed by atoms with van der Waals surface area (Å²) in [6.45, 7) is 0.188. The van der Waals surface area contributed by atoms with E-state index in [2.05, 4.69) is 41.1 Å². The van der Waals surface area contributed by atoms with Crippen molar-refractivity contribution in [2.24, 2.45) is 0 Å². The van der Waals surface area contributed by atoms with Crippen molar-refractivity contribution in [3.05, 3.63) is 33.9 Å². The molecule has 0 aliphatic carbocycles. The largest absolute Gasteiger partial charge is 0.496 e. The van der Waals surface area contributed by atoms with E-state index in [0.29, 0.717) is 21.5 Å². The number of nitrogens with zero attached hydrogens (tertiary/aromatic N) is 4. The zero-order valence-corrected chi connectivity index (χ0v) is 17.2. The summed E-state index contributed by atoms with van der Waals surface area (Å²) in [4.78, 5) is 31.1. The predicted molar refractivity (Wildman–Crippen MR) is 104 cm³/mol. The van der Waals surface area contributed by atoms with E-state index in [1.807, 2.05) is 0 Å². The SMILES string of the molecule is COC(=O)Nc1nc(O)c2c(n1)c(Br)nn2Cc1ccc(C(=O)OC)cc1OC. The molecule has 0 aliphatic heterocycles. The molecule has 0 fully saturated rings. The van der Waals surface area contributed by atoms with Crippen molar-refractivity contribution in [1.82, 2.24) is 19.7 Å². The molecule has 2 N–H and O–H groups in total. The first-order chi connectivity index (χ1) is 13.9. The summed E-state index contributed by atoms with van der Waals surface area (Å²) in [6.07, 6.45) is -0.775. The number of nitrogens with one attached hydrogen (secondary N) is 1. The van der Waals surface area contributed by atoms with E-state index in [-0.39, 0.29) is 29.4 Å². The summed E-state index contributed by atoms with van der Waals surface area (Å²) in [7, 11) is 3.96. The highest BCUT2D eigenvalue weighted by Crippen LogP contribution is 2.30. The lowest BCUT2D eigenvalue weighted by molar-refractivity contribution is 0.0600. The van der Waals surface area contributed by atoms with Crippen LogP contribution < -0.4 is 10.1 Å². The number of ether oxygens (including phenoxy) is 3. The second-order valence-electron chi connectivity index (χ2n) is 5.65. The van der Waals surface area contributed by atoms with E-state index >= 15 is 0 Å². The Morgan fingerprint density at radius 2 is 1.97 bits per heavy atom. The number of carbonyl (C=O) groups is 2. The van der Waals surface area contributed by atoms with Gasteiger partial charge in [-0.25, -0.2) is 14.6 Å². The van der Waals surface area contributed by atoms with Crippen molar-refractivity contribution in [3.8, 4) is 11.6 Å². The number of methoxy groups -OCH3 is 3. The summed E-state index contributed by atoms with van der Waals surface area (Å²) in [5.74, 6) is -0.567. The number of halogens is 1. The normalized spacial score (nSPS) is 10.6. The van der Waals surface area contributed by atoms with Crippen LogP contribution in [-0.2, 0) is 16.0 Å². The zero-order valence-electron chi connectivity index (χ0n) is 15.6.